The first-order valence-electron chi connectivity index (χ1n) is 6.54. The van der Waals surface area contributed by atoms with Crippen LogP contribution in [0, 0.1) is 5.82 Å². The van der Waals surface area contributed by atoms with Gasteiger partial charge in [0.05, 0.1) is 11.5 Å². The number of amides is 1. The maximum Gasteiger partial charge on any atom is 0.251 e. The van der Waals surface area contributed by atoms with Crippen molar-refractivity contribution in [2.24, 2.45) is 5.14 Å². The number of nitrogens with one attached hydrogen (secondary N) is 1. The van der Waals surface area contributed by atoms with Crippen LogP contribution >= 0.6 is 0 Å². The highest BCUT2D eigenvalue weighted by Crippen LogP contribution is 2.13. The molecule has 1 aromatic rings. The summed E-state index contributed by atoms with van der Waals surface area (Å²) >= 11 is 0. The van der Waals surface area contributed by atoms with Crippen LogP contribution in [0.3, 0.4) is 0 Å². The van der Waals surface area contributed by atoms with Crippen LogP contribution in [-0.4, -0.2) is 34.1 Å². The van der Waals surface area contributed by atoms with Crippen molar-refractivity contribution in [2.45, 2.75) is 24.7 Å². The van der Waals surface area contributed by atoms with Gasteiger partial charge in [-0.15, -0.1) is 0 Å². The molecule has 0 heterocycles. The number of nitrogens with two attached hydrogens (primary N) is 1. The fourth-order valence-corrected chi connectivity index (χ4v) is 2.11. The molecule has 6 nitrogen and oxygen atoms in total. The summed E-state index contributed by atoms with van der Waals surface area (Å²) in [5.41, 5.74) is -0.104. The molecule has 1 rings (SSSR count). The summed E-state index contributed by atoms with van der Waals surface area (Å²) in [6, 6.07) is 2.74. The van der Waals surface area contributed by atoms with Crippen molar-refractivity contribution in [1.29, 1.82) is 0 Å². The molecule has 1 aromatic carbocycles. The third-order valence-electron chi connectivity index (χ3n) is 2.64. The Morgan fingerprint density at radius 3 is 2.67 bits per heavy atom. The number of unbranched alkanes of at least 4 members (excludes halogenated alkanes) is 1. The maximum atomic E-state index is 13.3. The predicted molar refractivity (Wildman–Crippen MR) is 75.8 cm³/mol. The van der Waals surface area contributed by atoms with Gasteiger partial charge in [-0.1, -0.05) is 13.3 Å². The molecule has 3 N–H and O–H groups in total. The van der Waals surface area contributed by atoms with Gasteiger partial charge in [0, 0.05) is 18.7 Å². The number of hydrogen-bond donors (Lipinski definition) is 2. The molecule has 0 unspecified atom stereocenters. The molecular formula is C13H19FN2O4S. The van der Waals surface area contributed by atoms with E-state index >= 15 is 0 Å². The number of halogens is 1. The fourth-order valence-electron chi connectivity index (χ4n) is 1.55. The van der Waals surface area contributed by atoms with Gasteiger partial charge in [0.25, 0.3) is 5.91 Å². The van der Waals surface area contributed by atoms with Gasteiger partial charge < -0.3 is 10.1 Å². The molecule has 21 heavy (non-hydrogen) atoms. The third kappa shape index (κ3) is 6.19. The number of hydrogen-bond acceptors (Lipinski definition) is 4. The second kappa shape index (κ2) is 8.06. The minimum Gasteiger partial charge on any atom is -0.380 e. The first kappa shape index (κ1) is 17.5. The number of carbonyl (C=O) groups excluding carboxylic acids is 1. The van der Waals surface area contributed by atoms with Crippen molar-refractivity contribution >= 4 is 15.9 Å². The van der Waals surface area contributed by atoms with Crippen molar-refractivity contribution in [3.05, 3.63) is 29.6 Å². The van der Waals surface area contributed by atoms with E-state index in [2.05, 4.69) is 5.32 Å². The Morgan fingerprint density at radius 1 is 1.33 bits per heavy atom. The smallest absolute Gasteiger partial charge is 0.251 e. The summed E-state index contributed by atoms with van der Waals surface area (Å²) in [6.45, 7) is 3.24. The van der Waals surface area contributed by atoms with Crippen LogP contribution in [0.15, 0.2) is 23.1 Å². The van der Waals surface area contributed by atoms with E-state index in [1.54, 1.807) is 0 Å². The van der Waals surface area contributed by atoms with Gasteiger partial charge in [-0.05, 0) is 24.6 Å². The van der Waals surface area contributed by atoms with E-state index in [4.69, 9.17) is 9.88 Å². The lowest BCUT2D eigenvalue weighted by Gasteiger charge is -2.07. The van der Waals surface area contributed by atoms with Gasteiger partial charge in [-0.2, -0.15) is 0 Å². The largest absolute Gasteiger partial charge is 0.380 e. The zero-order valence-corrected chi connectivity index (χ0v) is 12.6. The van der Waals surface area contributed by atoms with E-state index in [-0.39, 0.29) is 12.1 Å². The number of primary sulfonamides is 1. The average molecular weight is 318 g/mol. The summed E-state index contributed by atoms with van der Waals surface area (Å²) in [6.07, 6.45) is 1.96. The zero-order valence-electron chi connectivity index (χ0n) is 11.8. The van der Waals surface area contributed by atoms with Gasteiger partial charge in [0.15, 0.2) is 0 Å². The molecule has 118 valence electrons. The Bertz CT molecular complexity index is 590. The summed E-state index contributed by atoms with van der Waals surface area (Å²) in [5.74, 6) is -1.43. The minimum atomic E-state index is -4.06. The molecule has 0 aromatic heterocycles. The SMILES string of the molecule is CCCCOCCNC(=O)c1cc(F)cc(S(N)(=O)=O)c1. The summed E-state index contributed by atoms with van der Waals surface area (Å²) < 4.78 is 40.9. The van der Waals surface area contributed by atoms with Crippen LogP contribution in [0.2, 0.25) is 0 Å². The van der Waals surface area contributed by atoms with Gasteiger partial charge >= 0.3 is 0 Å². The van der Waals surface area contributed by atoms with Gasteiger partial charge in [-0.3, -0.25) is 4.79 Å². The highest BCUT2D eigenvalue weighted by molar-refractivity contribution is 7.89. The first-order valence-corrected chi connectivity index (χ1v) is 8.08. The van der Waals surface area contributed by atoms with Crippen LogP contribution in [0.4, 0.5) is 4.39 Å². The van der Waals surface area contributed by atoms with Crippen molar-refractivity contribution in [3.63, 3.8) is 0 Å². The minimum absolute atomic E-state index is 0.104. The Balaban J connectivity index is 2.60. The molecular weight excluding hydrogens is 299 g/mol. The van der Waals surface area contributed by atoms with E-state index in [9.17, 15) is 17.6 Å². The standard InChI is InChI=1S/C13H19FN2O4S/c1-2-3-5-20-6-4-16-13(17)10-7-11(14)9-12(8-10)21(15,18)19/h7-9H,2-6H2,1H3,(H,16,17)(H2,15,18,19). The van der Waals surface area contributed by atoms with Crippen LogP contribution in [-0.2, 0) is 14.8 Å². The number of rotatable bonds is 8. The Kier molecular flexibility index (Phi) is 6.73. The molecule has 0 bridgehead atoms. The van der Waals surface area contributed by atoms with Crippen molar-refractivity contribution in [1.82, 2.24) is 5.32 Å². The van der Waals surface area contributed by atoms with Crippen LogP contribution in [0.5, 0.6) is 0 Å². The second-order valence-corrected chi connectivity index (χ2v) is 6.00. The molecule has 0 aliphatic rings. The van der Waals surface area contributed by atoms with Crippen LogP contribution in [0.1, 0.15) is 30.1 Å². The van der Waals surface area contributed by atoms with Gasteiger partial charge in [0.2, 0.25) is 10.0 Å². The highest BCUT2D eigenvalue weighted by Gasteiger charge is 2.14. The monoisotopic (exact) mass is 318 g/mol. The zero-order chi connectivity index (χ0) is 15.9. The Labute approximate surface area is 123 Å². The average Bonchev–Trinajstić information content (AvgIpc) is 2.40. The van der Waals surface area contributed by atoms with Crippen LogP contribution in [0.25, 0.3) is 0 Å². The molecule has 0 aliphatic heterocycles. The molecule has 1 amide bonds. The summed E-state index contributed by atoms with van der Waals surface area (Å²) in [4.78, 5) is 11.4. The first-order chi connectivity index (χ1) is 9.84. The third-order valence-corrected chi connectivity index (χ3v) is 3.53. The Hall–Kier alpha value is -1.51. The van der Waals surface area contributed by atoms with E-state index in [1.807, 2.05) is 6.92 Å². The summed E-state index contributed by atoms with van der Waals surface area (Å²) in [7, 11) is -4.06. The molecule has 0 saturated carbocycles. The van der Waals surface area contributed by atoms with Gasteiger partial charge in [-0.25, -0.2) is 17.9 Å². The van der Waals surface area contributed by atoms with Gasteiger partial charge in [0.1, 0.15) is 5.82 Å². The van der Waals surface area contributed by atoms with Crippen LogP contribution < -0.4 is 10.5 Å². The lowest BCUT2D eigenvalue weighted by atomic mass is 10.2. The molecule has 0 radical (unpaired) electrons. The maximum absolute atomic E-state index is 13.3. The summed E-state index contributed by atoms with van der Waals surface area (Å²) in [5, 5.41) is 7.43. The van der Waals surface area contributed by atoms with E-state index in [1.165, 1.54) is 0 Å². The predicted octanol–water partition coefficient (Wildman–Crippen LogP) is 1.02. The fraction of sp³-hybridized carbons (Fsp3) is 0.462. The number of sulfonamides is 1. The molecule has 0 spiro atoms. The van der Waals surface area contributed by atoms with E-state index < -0.39 is 26.6 Å². The van der Waals surface area contributed by atoms with E-state index in [0.717, 1.165) is 31.0 Å². The van der Waals surface area contributed by atoms with Crippen molar-refractivity contribution in [3.8, 4) is 0 Å². The normalized spacial score (nSPS) is 11.4. The quantitative estimate of drug-likeness (QED) is 0.699. The van der Waals surface area contributed by atoms with E-state index in [0.29, 0.717) is 13.2 Å². The molecule has 0 saturated heterocycles. The molecule has 8 heteroatoms. The number of benzene rings is 1. The van der Waals surface area contributed by atoms with Crippen molar-refractivity contribution in [2.75, 3.05) is 19.8 Å². The van der Waals surface area contributed by atoms with Crippen molar-refractivity contribution < 1.29 is 22.3 Å². The lowest BCUT2D eigenvalue weighted by molar-refractivity contribution is 0.0912. The molecule has 0 atom stereocenters. The highest BCUT2D eigenvalue weighted by atomic mass is 32.2. The second-order valence-electron chi connectivity index (χ2n) is 4.44. The lowest BCUT2D eigenvalue weighted by Crippen LogP contribution is -2.27. The topological polar surface area (TPSA) is 98.5 Å². The number of ether oxygens (including phenoxy) is 1. The Morgan fingerprint density at radius 2 is 2.05 bits per heavy atom. The molecule has 0 fully saturated rings. The number of carbonyl (C=O) groups is 1. The molecule has 0 aliphatic carbocycles.